The molecule has 3 heteroatoms. The molecule has 3 aliphatic carbocycles. The van der Waals surface area contributed by atoms with E-state index in [2.05, 4.69) is 38.9 Å². The fraction of sp³-hybridized carbons (Fsp3) is 0.760. The highest BCUT2D eigenvalue weighted by Gasteiger charge is 2.55. The van der Waals surface area contributed by atoms with Crippen molar-refractivity contribution in [2.24, 2.45) is 29.1 Å². The third-order valence-corrected chi connectivity index (χ3v) is 8.55. The first kappa shape index (κ1) is 20.2. The molecule has 0 aliphatic heterocycles. The van der Waals surface area contributed by atoms with E-state index in [9.17, 15) is 5.11 Å². The first-order chi connectivity index (χ1) is 13.4. The highest BCUT2D eigenvalue weighted by Crippen LogP contribution is 2.64. The van der Waals surface area contributed by atoms with Crippen LogP contribution in [0, 0.1) is 29.1 Å². The molecule has 1 aromatic rings. The van der Waals surface area contributed by atoms with Crippen molar-refractivity contribution in [2.75, 3.05) is 33.9 Å². The first-order valence-corrected chi connectivity index (χ1v) is 11.4. The van der Waals surface area contributed by atoms with Crippen LogP contribution in [0.4, 0.5) is 0 Å². The Hall–Kier alpha value is -1.06. The van der Waals surface area contributed by atoms with Gasteiger partial charge in [0, 0.05) is 13.2 Å². The van der Waals surface area contributed by atoms with Gasteiger partial charge < -0.3 is 14.7 Å². The zero-order valence-corrected chi connectivity index (χ0v) is 18.3. The smallest absolute Gasteiger partial charge is 0.115 e. The van der Waals surface area contributed by atoms with Crippen LogP contribution in [-0.2, 0) is 11.2 Å². The van der Waals surface area contributed by atoms with E-state index in [0.717, 1.165) is 49.9 Å². The van der Waals surface area contributed by atoms with Crippen LogP contribution in [0.15, 0.2) is 18.2 Å². The van der Waals surface area contributed by atoms with E-state index in [-0.39, 0.29) is 0 Å². The molecule has 0 heterocycles. The van der Waals surface area contributed by atoms with Crippen molar-refractivity contribution in [3.05, 3.63) is 29.3 Å². The first-order valence-electron chi connectivity index (χ1n) is 11.4. The molecule has 4 unspecified atom stereocenters. The van der Waals surface area contributed by atoms with Crippen LogP contribution < -0.4 is 0 Å². The van der Waals surface area contributed by atoms with Crippen LogP contribution in [0.3, 0.4) is 0 Å². The van der Waals surface area contributed by atoms with Gasteiger partial charge in [-0.15, -0.1) is 0 Å². The number of benzene rings is 1. The monoisotopic (exact) mass is 385 g/mol. The van der Waals surface area contributed by atoms with Gasteiger partial charge in [-0.3, -0.25) is 0 Å². The lowest BCUT2D eigenvalue weighted by atomic mass is 9.51. The summed E-state index contributed by atoms with van der Waals surface area (Å²) >= 11 is 0. The van der Waals surface area contributed by atoms with Crippen molar-refractivity contribution in [1.29, 1.82) is 0 Å². The fourth-order valence-corrected chi connectivity index (χ4v) is 7.12. The molecule has 6 atom stereocenters. The third-order valence-electron chi connectivity index (χ3n) is 8.55. The number of hydrogen-bond donors (Lipinski definition) is 1. The van der Waals surface area contributed by atoms with Crippen LogP contribution in [-0.4, -0.2) is 43.9 Å². The lowest BCUT2D eigenvalue weighted by molar-refractivity contribution is -0.00478. The second kappa shape index (κ2) is 7.99. The summed E-state index contributed by atoms with van der Waals surface area (Å²) in [5, 5.41) is 9.93. The number of rotatable bonds is 6. The summed E-state index contributed by atoms with van der Waals surface area (Å²) in [6, 6.07) is 6.16. The van der Waals surface area contributed by atoms with E-state index >= 15 is 0 Å². The molecule has 3 nitrogen and oxygen atoms in total. The summed E-state index contributed by atoms with van der Waals surface area (Å²) in [6.07, 6.45) is 7.83. The van der Waals surface area contributed by atoms with Crippen molar-refractivity contribution in [3.8, 4) is 5.75 Å². The third kappa shape index (κ3) is 3.61. The van der Waals surface area contributed by atoms with Gasteiger partial charge in [0.15, 0.2) is 0 Å². The molecule has 0 radical (unpaired) electrons. The average molecular weight is 386 g/mol. The maximum absolute atomic E-state index is 9.93. The minimum Gasteiger partial charge on any atom is -0.508 e. The lowest BCUT2D eigenvalue weighted by Crippen LogP contribution is -2.45. The summed E-state index contributed by atoms with van der Waals surface area (Å²) in [6.45, 7) is 7.86. The Morgan fingerprint density at radius 3 is 2.79 bits per heavy atom. The van der Waals surface area contributed by atoms with Crippen molar-refractivity contribution in [3.63, 3.8) is 0 Å². The SMILES string of the molecule is C[C@@H]1Cc2cc(O)ccc2C2CCC3(C)C(CC[C@@H]3CCOCCN(C)C)C21. The number of ether oxygens (including phenoxy) is 1. The van der Waals surface area contributed by atoms with Crippen molar-refractivity contribution >= 4 is 0 Å². The number of fused-ring (bicyclic) bond motifs is 5. The van der Waals surface area contributed by atoms with Gasteiger partial charge in [-0.05, 0) is 111 Å². The number of phenols is 1. The van der Waals surface area contributed by atoms with Crippen molar-refractivity contribution < 1.29 is 9.84 Å². The Morgan fingerprint density at radius 2 is 2.00 bits per heavy atom. The molecule has 0 aromatic heterocycles. The summed E-state index contributed by atoms with van der Waals surface area (Å²) in [7, 11) is 4.21. The van der Waals surface area contributed by atoms with Gasteiger partial charge in [-0.25, -0.2) is 0 Å². The van der Waals surface area contributed by atoms with Crippen LogP contribution >= 0.6 is 0 Å². The largest absolute Gasteiger partial charge is 0.508 e. The Balaban J connectivity index is 1.45. The molecular formula is C25H39NO2. The molecule has 0 spiro atoms. The van der Waals surface area contributed by atoms with Crippen molar-refractivity contribution in [2.45, 2.75) is 58.3 Å². The highest BCUT2D eigenvalue weighted by molar-refractivity contribution is 5.40. The van der Waals surface area contributed by atoms with Crippen LogP contribution in [0.1, 0.15) is 63.0 Å². The molecule has 0 bridgehead atoms. The predicted octanol–water partition coefficient (Wildman–Crippen LogP) is 5.08. The standard InChI is InChI=1S/C25H39NO2/c1-17-15-18-16-20(27)6-7-21(18)22-9-11-25(2)19(5-8-23(25)24(17)22)10-13-28-14-12-26(3)4/h6-7,16-17,19,22-24,27H,5,8-15H2,1-4H3/t17-,19-,22?,23?,24?,25?/m1/s1. The number of phenolic OH excluding ortho intramolecular Hbond substituents is 1. The topological polar surface area (TPSA) is 32.7 Å². The van der Waals surface area contributed by atoms with Gasteiger partial charge >= 0.3 is 0 Å². The molecule has 2 saturated carbocycles. The van der Waals surface area contributed by atoms with Gasteiger partial charge in [0.25, 0.3) is 0 Å². The van der Waals surface area contributed by atoms with E-state index in [0.29, 0.717) is 17.1 Å². The molecule has 3 aliphatic rings. The maximum atomic E-state index is 9.93. The molecule has 1 N–H and O–H groups in total. The Kier molecular flexibility index (Phi) is 5.77. The van der Waals surface area contributed by atoms with Gasteiger partial charge in [0.1, 0.15) is 5.75 Å². The molecule has 4 rings (SSSR count). The zero-order valence-electron chi connectivity index (χ0n) is 18.3. The minimum atomic E-state index is 0.431. The summed E-state index contributed by atoms with van der Waals surface area (Å²) < 4.78 is 5.95. The lowest BCUT2D eigenvalue weighted by Gasteiger charge is -2.53. The van der Waals surface area contributed by atoms with Crippen LogP contribution in [0.2, 0.25) is 0 Å². The second-order valence-corrected chi connectivity index (χ2v) is 10.4. The van der Waals surface area contributed by atoms with Gasteiger partial charge in [-0.2, -0.15) is 0 Å². The van der Waals surface area contributed by atoms with Gasteiger partial charge in [-0.1, -0.05) is 19.9 Å². The molecular weight excluding hydrogens is 346 g/mol. The maximum Gasteiger partial charge on any atom is 0.115 e. The molecule has 28 heavy (non-hydrogen) atoms. The molecule has 1 aromatic carbocycles. The number of hydrogen-bond acceptors (Lipinski definition) is 3. The minimum absolute atomic E-state index is 0.431. The average Bonchev–Trinajstić information content (AvgIpc) is 2.97. The molecule has 2 fully saturated rings. The fourth-order valence-electron chi connectivity index (χ4n) is 7.12. The van der Waals surface area contributed by atoms with E-state index in [1.165, 1.54) is 37.7 Å². The van der Waals surface area contributed by atoms with E-state index < -0.39 is 0 Å². The quantitative estimate of drug-likeness (QED) is 0.693. The number of nitrogens with zero attached hydrogens (tertiary/aromatic N) is 1. The number of likely N-dealkylation sites (N-methyl/N-ethyl adjacent to an activating group) is 1. The second-order valence-electron chi connectivity index (χ2n) is 10.4. The van der Waals surface area contributed by atoms with Crippen molar-refractivity contribution in [1.82, 2.24) is 4.90 Å². The summed E-state index contributed by atoms with van der Waals surface area (Å²) in [4.78, 5) is 2.19. The summed E-state index contributed by atoms with van der Waals surface area (Å²) in [5.41, 5.74) is 3.44. The van der Waals surface area contributed by atoms with Crippen LogP contribution in [0.25, 0.3) is 0 Å². The Morgan fingerprint density at radius 1 is 1.18 bits per heavy atom. The Bertz CT molecular complexity index is 687. The molecule has 0 saturated heterocycles. The van der Waals surface area contributed by atoms with Gasteiger partial charge in [0.2, 0.25) is 0 Å². The van der Waals surface area contributed by atoms with E-state index in [4.69, 9.17) is 4.74 Å². The predicted molar refractivity (Wildman–Crippen MR) is 115 cm³/mol. The Labute approximate surface area is 171 Å². The summed E-state index contributed by atoms with van der Waals surface area (Å²) in [5.74, 6) is 4.35. The molecule has 156 valence electrons. The zero-order chi connectivity index (χ0) is 19.9. The molecule has 0 amide bonds. The highest BCUT2D eigenvalue weighted by atomic mass is 16.5. The van der Waals surface area contributed by atoms with E-state index in [1.54, 1.807) is 5.56 Å². The normalized spacial score (nSPS) is 36.8. The van der Waals surface area contributed by atoms with Gasteiger partial charge in [0.05, 0.1) is 6.61 Å². The van der Waals surface area contributed by atoms with Crippen LogP contribution in [0.5, 0.6) is 5.75 Å². The number of aromatic hydroxyl groups is 1. The van der Waals surface area contributed by atoms with E-state index in [1.807, 2.05) is 12.1 Å².